The summed E-state index contributed by atoms with van der Waals surface area (Å²) in [6.07, 6.45) is 0.992. The van der Waals surface area contributed by atoms with E-state index in [1.807, 2.05) is 24.3 Å². The summed E-state index contributed by atoms with van der Waals surface area (Å²) in [4.78, 5) is 0. The molecule has 0 atom stereocenters. The van der Waals surface area contributed by atoms with Gasteiger partial charge >= 0.3 is 0 Å². The molecule has 0 saturated heterocycles. The van der Waals surface area contributed by atoms with Gasteiger partial charge in [0.2, 0.25) is 0 Å². The maximum Gasteiger partial charge on any atom is 0.165 e. The lowest BCUT2D eigenvalue weighted by molar-refractivity contribution is 0.405. The van der Waals surface area contributed by atoms with Crippen LogP contribution >= 0.6 is 0 Å². The highest BCUT2D eigenvalue weighted by atomic mass is 16.3. The molecule has 0 aliphatic heterocycles. The van der Waals surface area contributed by atoms with Gasteiger partial charge < -0.3 is 10.2 Å². The van der Waals surface area contributed by atoms with E-state index in [-0.39, 0.29) is 11.5 Å². The van der Waals surface area contributed by atoms with E-state index in [2.05, 4.69) is 6.92 Å². The highest BCUT2D eigenvalue weighted by Gasteiger charge is 2.07. The highest BCUT2D eigenvalue weighted by Crippen LogP contribution is 2.35. The lowest BCUT2D eigenvalue weighted by Gasteiger charge is -2.06. The van der Waals surface area contributed by atoms with Crippen molar-refractivity contribution in [2.45, 2.75) is 13.3 Å². The van der Waals surface area contributed by atoms with E-state index in [1.54, 1.807) is 12.1 Å². The van der Waals surface area contributed by atoms with E-state index in [0.717, 1.165) is 12.0 Å². The van der Waals surface area contributed by atoms with E-state index in [4.69, 9.17) is 0 Å². The number of hydrogen-bond donors (Lipinski definition) is 2. The van der Waals surface area contributed by atoms with Gasteiger partial charge in [-0.2, -0.15) is 0 Å². The van der Waals surface area contributed by atoms with Crippen molar-refractivity contribution in [3.05, 3.63) is 48.0 Å². The third-order valence-electron chi connectivity index (χ3n) is 2.69. The summed E-state index contributed by atoms with van der Waals surface area (Å²) in [7, 11) is 0. The van der Waals surface area contributed by atoms with Crippen LogP contribution in [0.5, 0.6) is 11.5 Å². The largest absolute Gasteiger partial charge is 0.504 e. The molecule has 82 valence electrons. The van der Waals surface area contributed by atoms with E-state index in [1.165, 1.54) is 11.6 Å². The van der Waals surface area contributed by atoms with Crippen molar-refractivity contribution in [2.24, 2.45) is 0 Å². The topological polar surface area (TPSA) is 40.5 Å². The molecule has 0 aliphatic rings. The number of phenols is 2. The first-order chi connectivity index (χ1) is 7.72. The van der Waals surface area contributed by atoms with Crippen LogP contribution in [0, 0.1) is 0 Å². The minimum Gasteiger partial charge on any atom is -0.504 e. The van der Waals surface area contributed by atoms with Crippen LogP contribution in [0.1, 0.15) is 12.5 Å². The molecule has 0 radical (unpaired) electrons. The van der Waals surface area contributed by atoms with Crippen LogP contribution in [0.4, 0.5) is 0 Å². The molecule has 2 N–H and O–H groups in total. The zero-order chi connectivity index (χ0) is 11.5. The second-order valence-electron chi connectivity index (χ2n) is 3.72. The Labute approximate surface area is 94.8 Å². The van der Waals surface area contributed by atoms with E-state index in [0.29, 0.717) is 5.56 Å². The van der Waals surface area contributed by atoms with Crippen LogP contribution in [0.15, 0.2) is 42.5 Å². The second kappa shape index (κ2) is 4.27. The predicted molar refractivity (Wildman–Crippen MR) is 64.6 cm³/mol. The summed E-state index contributed by atoms with van der Waals surface area (Å²) in [5.41, 5.74) is 2.82. The number of phenolic OH excluding ortho intramolecular Hbond substituents is 2. The van der Waals surface area contributed by atoms with Crippen molar-refractivity contribution in [2.75, 3.05) is 0 Å². The van der Waals surface area contributed by atoms with Gasteiger partial charge in [0.25, 0.3) is 0 Å². The fourth-order valence-corrected chi connectivity index (χ4v) is 1.68. The lowest BCUT2D eigenvalue weighted by atomic mass is 10.0. The Bertz CT molecular complexity index is 487. The van der Waals surface area contributed by atoms with Crippen molar-refractivity contribution in [1.29, 1.82) is 0 Å². The van der Waals surface area contributed by atoms with Gasteiger partial charge in [-0.3, -0.25) is 0 Å². The summed E-state index contributed by atoms with van der Waals surface area (Å²) >= 11 is 0. The first kappa shape index (κ1) is 10.6. The standard InChI is InChI=1S/C14H14O2/c1-2-10-6-8-11(9-7-10)12-4-3-5-13(15)14(12)16/h3-9,15-16H,2H2,1H3. The van der Waals surface area contributed by atoms with Crippen LogP contribution in [0.2, 0.25) is 0 Å². The third kappa shape index (κ3) is 1.87. The average Bonchev–Trinajstić information content (AvgIpc) is 2.33. The molecule has 0 heterocycles. The van der Waals surface area contributed by atoms with Crippen LogP contribution < -0.4 is 0 Å². The Balaban J connectivity index is 2.46. The minimum absolute atomic E-state index is 0.0632. The normalized spacial score (nSPS) is 10.3. The third-order valence-corrected chi connectivity index (χ3v) is 2.69. The lowest BCUT2D eigenvalue weighted by Crippen LogP contribution is -1.82. The smallest absolute Gasteiger partial charge is 0.165 e. The van der Waals surface area contributed by atoms with E-state index >= 15 is 0 Å². The molecule has 2 aromatic rings. The Morgan fingerprint density at radius 2 is 1.62 bits per heavy atom. The summed E-state index contributed by atoms with van der Waals surface area (Å²) in [6.45, 7) is 2.10. The molecule has 0 unspecified atom stereocenters. The van der Waals surface area contributed by atoms with Crippen molar-refractivity contribution >= 4 is 0 Å². The van der Waals surface area contributed by atoms with Gasteiger partial charge in [0.05, 0.1) is 0 Å². The van der Waals surface area contributed by atoms with Gasteiger partial charge in [-0.05, 0) is 23.6 Å². The van der Waals surface area contributed by atoms with E-state index < -0.39 is 0 Å². The van der Waals surface area contributed by atoms with Crippen LogP contribution in [0.25, 0.3) is 11.1 Å². The molecule has 0 fully saturated rings. The van der Waals surface area contributed by atoms with Crippen molar-refractivity contribution in [3.8, 4) is 22.6 Å². The fourth-order valence-electron chi connectivity index (χ4n) is 1.68. The number of hydrogen-bond acceptors (Lipinski definition) is 2. The number of aromatic hydroxyl groups is 2. The number of benzene rings is 2. The molecule has 16 heavy (non-hydrogen) atoms. The Morgan fingerprint density at radius 3 is 2.25 bits per heavy atom. The van der Waals surface area contributed by atoms with Crippen LogP contribution in [-0.2, 0) is 6.42 Å². The number of rotatable bonds is 2. The number of para-hydroxylation sites is 1. The fraction of sp³-hybridized carbons (Fsp3) is 0.143. The predicted octanol–water partition coefficient (Wildman–Crippen LogP) is 3.33. The highest BCUT2D eigenvalue weighted by molar-refractivity contribution is 5.73. The second-order valence-corrected chi connectivity index (χ2v) is 3.72. The maximum atomic E-state index is 9.73. The maximum absolute atomic E-state index is 9.73. The molecule has 2 nitrogen and oxygen atoms in total. The quantitative estimate of drug-likeness (QED) is 0.753. The number of aryl methyl sites for hydroxylation is 1. The molecule has 0 saturated carbocycles. The molecule has 0 amide bonds. The van der Waals surface area contributed by atoms with Gasteiger partial charge in [-0.1, -0.05) is 43.3 Å². The molecule has 2 rings (SSSR count). The SMILES string of the molecule is CCc1ccc(-c2cccc(O)c2O)cc1. The first-order valence-corrected chi connectivity index (χ1v) is 5.32. The zero-order valence-corrected chi connectivity index (χ0v) is 9.14. The first-order valence-electron chi connectivity index (χ1n) is 5.32. The zero-order valence-electron chi connectivity index (χ0n) is 9.14. The Kier molecular flexibility index (Phi) is 2.82. The molecule has 0 aromatic heterocycles. The Hall–Kier alpha value is -1.96. The van der Waals surface area contributed by atoms with Crippen molar-refractivity contribution in [3.63, 3.8) is 0 Å². The molecular formula is C14H14O2. The van der Waals surface area contributed by atoms with E-state index in [9.17, 15) is 10.2 Å². The summed E-state index contributed by atoms with van der Waals surface area (Å²) in [6, 6.07) is 12.9. The summed E-state index contributed by atoms with van der Waals surface area (Å²) < 4.78 is 0. The van der Waals surface area contributed by atoms with Crippen molar-refractivity contribution in [1.82, 2.24) is 0 Å². The van der Waals surface area contributed by atoms with Crippen molar-refractivity contribution < 1.29 is 10.2 Å². The molecule has 0 spiro atoms. The summed E-state index contributed by atoms with van der Waals surface area (Å²) in [5.74, 6) is -0.149. The van der Waals surface area contributed by atoms with Crippen LogP contribution in [0.3, 0.4) is 0 Å². The molecule has 2 heteroatoms. The van der Waals surface area contributed by atoms with Gasteiger partial charge in [-0.25, -0.2) is 0 Å². The average molecular weight is 214 g/mol. The molecule has 0 bridgehead atoms. The van der Waals surface area contributed by atoms with Gasteiger partial charge in [-0.15, -0.1) is 0 Å². The minimum atomic E-state index is -0.0860. The molecular weight excluding hydrogens is 200 g/mol. The van der Waals surface area contributed by atoms with Crippen LogP contribution in [-0.4, -0.2) is 10.2 Å². The van der Waals surface area contributed by atoms with Gasteiger partial charge in [0, 0.05) is 5.56 Å². The van der Waals surface area contributed by atoms with Gasteiger partial charge in [0.1, 0.15) is 0 Å². The summed E-state index contributed by atoms with van der Waals surface area (Å²) in [5, 5.41) is 19.1. The Morgan fingerprint density at radius 1 is 0.938 bits per heavy atom. The van der Waals surface area contributed by atoms with Gasteiger partial charge in [0.15, 0.2) is 11.5 Å². The molecule has 2 aromatic carbocycles. The monoisotopic (exact) mass is 214 g/mol. The molecule has 0 aliphatic carbocycles.